The van der Waals surface area contributed by atoms with Crippen molar-refractivity contribution in [3.8, 4) is 0 Å². The highest BCUT2D eigenvalue weighted by Crippen LogP contribution is 2.20. The molecule has 3 amide bonds. The Balaban J connectivity index is 1.86. The van der Waals surface area contributed by atoms with Crippen molar-refractivity contribution in [1.29, 1.82) is 0 Å². The lowest BCUT2D eigenvalue weighted by atomic mass is 10.0. The average molecular weight is 375 g/mol. The molecule has 0 saturated carbocycles. The summed E-state index contributed by atoms with van der Waals surface area (Å²) in [4.78, 5) is 39.5. The molecule has 1 aliphatic rings. The number of carbonyl (C=O) groups is 3. The number of hydrogen-bond donors (Lipinski definition) is 1. The second kappa shape index (κ2) is 9.94. The fourth-order valence-corrected chi connectivity index (χ4v) is 3.28. The van der Waals surface area contributed by atoms with E-state index in [0.29, 0.717) is 32.5 Å². The van der Waals surface area contributed by atoms with Gasteiger partial charge in [0.2, 0.25) is 11.8 Å². The smallest absolute Gasteiger partial charge is 0.409 e. The Bertz CT molecular complexity index is 642. The Morgan fingerprint density at radius 2 is 1.85 bits per heavy atom. The number of rotatable bonds is 6. The van der Waals surface area contributed by atoms with Gasteiger partial charge in [-0.3, -0.25) is 9.59 Å². The molecule has 1 atom stereocenters. The van der Waals surface area contributed by atoms with Crippen LogP contribution in [-0.2, 0) is 14.3 Å². The molecule has 0 aliphatic carbocycles. The van der Waals surface area contributed by atoms with Gasteiger partial charge in [0.05, 0.1) is 12.6 Å². The van der Waals surface area contributed by atoms with E-state index in [1.807, 2.05) is 37.3 Å². The number of piperidine rings is 1. The Kier molecular flexibility index (Phi) is 7.64. The van der Waals surface area contributed by atoms with Crippen LogP contribution in [0.1, 0.15) is 45.2 Å². The van der Waals surface area contributed by atoms with E-state index in [2.05, 4.69) is 5.32 Å². The summed E-state index contributed by atoms with van der Waals surface area (Å²) < 4.78 is 5.00. The van der Waals surface area contributed by atoms with Crippen molar-refractivity contribution in [2.45, 2.75) is 45.7 Å². The van der Waals surface area contributed by atoms with Crippen LogP contribution in [0, 0.1) is 0 Å². The van der Waals surface area contributed by atoms with Crippen molar-refractivity contribution in [2.24, 2.45) is 0 Å². The number of hydrogen-bond acceptors (Lipinski definition) is 4. The second-order valence-electron chi connectivity index (χ2n) is 6.76. The summed E-state index contributed by atoms with van der Waals surface area (Å²) in [7, 11) is 0. The van der Waals surface area contributed by atoms with Crippen molar-refractivity contribution >= 4 is 17.9 Å². The number of ether oxygens (including phenoxy) is 1. The van der Waals surface area contributed by atoms with Crippen LogP contribution in [0.25, 0.3) is 0 Å². The number of likely N-dealkylation sites (tertiary alicyclic amines) is 1. The first-order valence-electron chi connectivity index (χ1n) is 9.45. The van der Waals surface area contributed by atoms with Crippen molar-refractivity contribution in [2.75, 3.05) is 26.2 Å². The molecule has 1 aromatic carbocycles. The predicted molar refractivity (Wildman–Crippen MR) is 102 cm³/mol. The lowest BCUT2D eigenvalue weighted by Gasteiger charge is -2.33. The molecule has 1 aliphatic heterocycles. The van der Waals surface area contributed by atoms with Gasteiger partial charge in [0.15, 0.2) is 0 Å². The van der Waals surface area contributed by atoms with E-state index < -0.39 is 0 Å². The third kappa shape index (κ3) is 5.98. The van der Waals surface area contributed by atoms with Gasteiger partial charge in [-0.05, 0) is 32.3 Å². The van der Waals surface area contributed by atoms with Crippen molar-refractivity contribution in [3.05, 3.63) is 35.9 Å². The molecule has 0 aromatic heterocycles. The van der Waals surface area contributed by atoms with Crippen LogP contribution in [0.15, 0.2) is 30.3 Å². The molecule has 2 rings (SSSR count). The topological polar surface area (TPSA) is 79.0 Å². The number of amides is 3. The van der Waals surface area contributed by atoms with Crippen molar-refractivity contribution < 1.29 is 19.1 Å². The highest BCUT2D eigenvalue weighted by molar-refractivity contribution is 5.84. The molecule has 1 aromatic rings. The fourth-order valence-electron chi connectivity index (χ4n) is 3.28. The molecular formula is C20H29N3O4. The van der Waals surface area contributed by atoms with Gasteiger partial charge >= 0.3 is 6.09 Å². The summed E-state index contributed by atoms with van der Waals surface area (Å²) in [6.07, 6.45) is 1.05. The molecule has 0 bridgehead atoms. The largest absolute Gasteiger partial charge is 0.450 e. The zero-order valence-electron chi connectivity index (χ0n) is 16.3. The Morgan fingerprint density at radius 3 is 2.41 bits per heavy atom. The molecule has 0 radical (unpaired) electrons. The minimum atomic E-state index is -0.304. The minimum absolute atomic E-state index is 0.00372. The second-order valence-corrected chi connectivity index (χ2v) is 6.76. The molecule has 27 heavy (non-hydrogen) atoms. The molecule has 1 N–H and O–H groups in total. The van der Waals surface area contributed by atoms with E-state index in [1.54, 1.807) is 16.7 Å². The SMILES string of the molecule is CCOC(=O)N1CCC(NC(=O)CN(C(C)=O)C(C)c2ccccc2)CC1. The normalized spacial score (nSPS) is 15.7. The van der Waals surface area contributed by atoms with Gasteiger partial charge in [0.25, 0.3) is 0 Å². The molecule has 0 spiro atoms. The van der Waals surface area contributed by atoms with Gasteiger partial charge < -0.3 is 19.9 Å². The third-order valence-corrected chi connectivity index (χ3v) is 4.85. The standard InChI is InChI=1S/C20H29N3O4/c1-4-27-20(26)22-12-10-18(11-13-22)21-19(25)14-23(16(3)24)15(2)17-8-6-5-7-9-17/h5-9,15,18H,4,10-14H2,1-3H3,(H,21,25). The zero-order chi connectivity index (χ0) is 19.8. The summed E-state index contributed by atoms with van der Waals surface area (Å²) in [6.45, 7) is 6.66. The number of nitrogens with one attached hydrogen (secondary N) is 1. The van der Waals surface area contributed by atoms with E-state index >= 15 is 0 Å². The first-order valence-corrected chi connectivity index (χ1v) is 9.45. The molecule has 7 nitrogen and oxygen atoms in total. The lowest BCUT2D eigenvalue weighted by Crippen LogP contribution is -2.49. The van der Waals surface area contributed by atoms with Crippen LogP contribution in [0.3, 0.4) is 0 Å². The summed E-state index contributed by atoms with van der Waals surface area (Å²) in [6, 6.07) is 9.48. The van der Waals surface area contributed by atoms with Crippen LogP contribution in [0.5, 0.6) is 0 Å². The minimum Gasteiger partial charge on any atom is -0.450 e. The van der Waals surface area contributed by atoms with Crippen LogP contribution >= 0.6 is 0 Å². The van der Waals surface area contributed by atoms with Gasteiger partial charge in [0, 0.05) is 26.1 Å². The maximum absolute atomic E-state index is 12.5. The van der Waals surface area contributed by atoms with Gasteiger partial charge in [-0.25, -0.2) is 4.79 Å². The van der Waals surface area contributed by atoms with Gasteiger partial charge in [-0.2, -0.15) is 0 Å². The Morgan fingerprint density at radius 1 is 1.22 bits per heavy atom. The van der Waals surface area contributed by atoms with E-state index in [1.165, 1.54) is 6.92 Å². The maximum atomic E-state index is 12.5. The Hall–Kier alpha value is -2.57. The predicted octanol–water partition coefficient (Wildman–Crippen LogP) is 2.33. The number of benzene rings is 1. The average Bonchev–Trinajstić information content (AvgIpc) is 2.67. The number of nitrogens with zero attached hydrogens (tertiary/aromatic N) is 2. The van der Waals surface area contributed by atoms with Crippen LogP contribution in [0.2, 0.25) is 0 Å². The van der Waals surface area contributed by atoms with Gasteiger partial charge in [0.1, 0.15) is 6.54 Å². The van der Waals surface area contributed by atoms with Crippen molar-refractivity contribution in [1.82, 2.24) is 15.1 Å². The van der Waals surface area contributed by atoms with Crippen LogP contribution in [0.4, 0.5) is 4.79 Å². The molecule has 148 valence electrons. The molecule has 7 heteroatoms. The van der Waals surface area contributed by atoms with E-state index in [-0.39, 0.29) is 36.5 Å². The van der Waals surface area contributed by atoms with E-state index in [0.717, 1.165) is 5.56 Å². The zero-order valence-corrected chi connectivity index (χ0v) is 16.3. The monoisotopic (exact) mass is 375 g/mol. The Labute approximate surface area is 160 Å². The molecular weight excluding hydrogens is 346 g/mol. The summed E-state index contributed by atoms with van der Waals surface area (Å²) in [5.74, 6) is -0.318. The summed E-state index contributed by atoms with van der Waals surface area (Å²) in [5, 5.41) is 2.99. The maximum Gasteiger partial charge on any atom is 0.409 e. The van der Waals surface area contributed by atoms with E-state index in [4.69, 9.17) is 4.74 Å². The first kappa shape index (κ1) is 20.7. The van der Waals surface area contributed by atoms with Crippen LogP contribution < -0.4 is 5.32 Å². The van der Waals surface area contributed by atoms with Crippen LogP contribution in [-0.4, -0.2) is 60.0 Å². The van der Waals surface area contributed by atoms with Gasteiger partial charge in [-0.15, -0.1) is 0 Å². The third-order valence-electron chi connectivity index (χ3n) is 4.85. The molecule has 1 saturated heterocycles. The quantitative estimate of drug-likeness (QED) is 0.828. The summed E-state index contributed by atoms with van der Waals surface area (Å²) >= 11 is 0. The lowest BCUT2D eigenvalue weighted by molar-refractivity contribution is -0.136. The summed E-state index contributed by atoms with van der Waals surface area (Å²) in [5.41, 5.74) is 0.989. The highest BCUT2D eigenvalue weighted by atomic mass is 16.6. The van der Waals surface area contributed by atoms with Crippen molar-refractivity contribution in [3.63, 3.8) is 0 Å². The molecule has 1 heterocycles. The highest BCUT2D eigenvalue weighted by Gasteiger charge is 2.26. The molecule has 1 fully saturated rings. The fraction of sp³-hybridized carbons (Fsp3) is 0.550. The van der Waals surface area contributed by atoms with E-state index in [9.17, 15) is 14.4 Å². The van der Waals surface area contributed by atoms with Gasteiger partial charge in [-0.1, -0.05) is 30.3 Å². The first-order chi connectivity index (χ1) is 12.9. The molecule has 1 unspecified atom stereocenters. The number of carbonyl (C=O) groups excluding carboxylic acids is 3.